The van der Waals surface area contributed by atoms with Crippen molar-refractivity contribution in [2.45, 2.75) is 91.6 Å². The molecule has 2 amide bonds. The smallest absolute Gasteiger partial charge is 0.309 e. The minimum absolute atomic E-state index is 0.163. The summed E-state index contributed by atoms with van der Waals surface area (Å²) in [7, 11) is 0. The number of hydrogen-bond acceptors (Lipinski definition) is 12. The molecule has 15 nitrogen and oxygen atoms in total. The van der Waals surface area contributed by atoms with Crippen molar-refractivity contribution in [3.63, 3.8) is 0 Å². The van der Waals surface area contributed by atoms with E-state index in [1.807, 2.05) is 19.9 Å². The molecule has 2 aliphatic rings. The van der Waals surface area contributed by atoms with Gasteiger partial charge in [-0.25, -0.2) is 0 Å². The van der Waals surface area contributed by atoms with E-state index in [2.05, 4.69) is 26.3 Å². The summed E-state index contributed by atoms with van der Waals surface area (Å²) in [5.41, 5.74) is 2.71. The fourth-order valence-electron chi connectivity index (χ4n) is 5.93. The van der Waals surface area contributed by atoms with Gasteiger partial charge in [-0.3, -0.25) is 33.4 Å². The van der Waals surface area contributed by atoms with Crippen LogP contribution in [0.4, 0.5) is 0 Å². The van der Waals surface area contributed by atoms with Gasteiger partial charge in [-0.05, 0) is 67.2 Å². The monoisotopic (exact) mass is 748 g/mol. The number of esters is 4. The van der Waals surface area contributed by atoms with Crippen molar-refractivity contribution in [3.8, 4) is 0 Å². The molecular formula is C33H41BrN4O11. The zero-order chi connectivity index (χ0) is 36.0. The van der Waals surface area contributed by atoms with Crippen LogP contribution in [0.25, 0.3) is 0 Å². The Labute approximate surface area is 292 Å². The van der Waals surface area contributed by atoms with Gasteiger partial charge in [0.1, 0.15) is 0 Å². The van der Waals surface area contributed by atoms with Crippen molar-refractivity contribution in [2.75, 3.05) is 19.7 Å². The molecule has 2 saturated heterocycles. The van der Waals surface area contributed by atoms with Crippen molar-refractivity contribution in [1.29, 1.82) is 0 Å². The van der Waals surface area contributed by atoms with Crippen LogP contribution in [0.1, 0.15) is 67.8 Å². The van der Waals surface area contributed by atoms with Gasteiger partial charge >= 0.3 is 23.9 Å². The number of aromatic nitrogens is 2. The van der Waals surface area contributed by atoms with Crippen molar-refractivity contribution < 1.29 is 52.5 Å². The fraction of sp³-hybridized carbons (Fsp3) is 0.545. The number of benzene rings is 1. The molecule has 3 heterocycles. The highest BCUT2D eigenvalue weighted by molar-refractivity contribution is 9.10. The Morgan fingerprint density at radius 2 is 1.55 bits per heavy atom. The number of carbonyl (C=O) groups is 6. The topological polar surface area (TPSA) is 182 Å². The van der Waals surface area contributed by atoms with Gasteiger partial charge in [-0.15, -0.1) is 0 Å². The van der Waals surface area contributed by atoms with Gasteiger partial charge in [0.15, 0.2) is 30.6 Å². The second kappa shape index (κ2) is 16.4. The Balaban J connectivity index is 1.63. The third-order valence-electron chi connectivity index (χ3n) is 8.20. The average Bonchev–Trinajstić information content (AvgIpc) is 3.28. The molecule has 0 aliphatic carbocycles. The molecule has 5 unspecified atom stereocenters. The molecule has 2 aliphatic heterocycles. The zero-order valence-electron chi connectivity index (χ0n) is 28.2. The van der Waals surface area contributed by atoms with E-state index in [1.54, 1.807) is 29.8 Å². The SMILES string of the molecule is CCOC(=O)C1CCN(C(=O)C2OC(NC(=O)c3cccc(Cn4nc(C)c(Br)c4C)c3)C(OC(C)=O)C(OC(C)=O)C2OC(C)=O)CC1. The average molecular weight is 750 g/mol. The molecule has 16 heteroatoms. The third kappa shape index (κ3) is 9.23. The number of carbonyl (C=O) groups excluding carboxylic acids is 6. The van der Waals surface area contributed by atoms with Gasteiger partial charge in [0.25, 0.3) is 11.8 Å². The van der Waals surface area contributed by atoms with Gasteiger partial charge in [0.05, 0.1) is 34.9 Å². The van der Waals surface area contributed by atoms with E-state index in [4.69, 9.17) is 23.7 Å². The number of likely N-dealkylation sites (tertiary alicyclic amines) is 1. The van der Waals surface area contributed by atoms with Crippen LogP contribution >= 0.6 is 15.9 Å². The van der Waals surface area contributed by atoms with E-state index >= 15 is 0 Å². The van der Waals surface area contributed by atoms with Crippen LogP contribution in [0.3, 0.4) is 0 Å². The molecule has 0 saturated carbocycles. The molecule has 49 heavy (non-hydrogen) atoms. The van der Waals surface area contributed by atoms with Crippen LogP contribution in [0.15, 0.2) is 28.7 Å². The Morgan fingerprint density at radius 3 is 2.12 bits per heavy atom. The predicted molar refractivity (Wildman–Crippen MR) is 174 cm³/mol. The lowest BCUT2D eigenvalue weighted by Gasteiger charge is -2.45. The van der Waals surface area contributed by atoms with E-state index < -0.39 is 66.3 Å². The highest BCUT2D eigenvalue weighted by Crippen LogP contribution is 2.31. The Hall–Kier alpha value is -4.31. The minimum atomic E-state index is -1.58. The van der Waals surface area contributed by atoms with E-state index in [0.717, 1.165) is 42.2 Å². The zero-order valence-corrected chi connectivity index (χ0v) is 29.8. The molecule has 4 rings (SSSR count). The lowest BCUT2D eigenvalue weighted by Crippen LogP contribution is -2.68. The number of hydrogen-bond donors (Lipinski definition) is 1. The second-order valence-corrected chi connectivity index (χ2v) is 12.7. The Kier molecular flexibility index (Phi) is 12.5. The number of ether oxygens (including phenoxy) is 5. The maximum atomic E-state index is 14.0. The van der Waals surface area contributed by atoms with Gasteiger partial charge in [-0.2, -0.15) is 5.10 Å². The lowest BCUT2D eigenvalue weighted by atomic mass is 9.93. The number of aryl methyl sites for hydroxylation is 1. The number of rotatable bonds is 10. The van der Waals surface area contributed by atoms with Crippen LogP contribution in [-0.2, 0) is 54.2 Å². The van der Waals surface area contributed by atoms with Crippen LogP contribution < -0.4 is 5.32 Å². The van der Waals surface area contributed by atoms with Crippen LogP contribution in [0.2, 0.25) is 0 Å². The quantitative estimate of drug-likeness (QED) is 0.277. The minimum Gasteiger partial charge on any atom is -0.466 e. The van der Waals surface area contributed by atoms with Crippen molar-refractivity contribution in [2.24, 2.45) is 5.92 Å². The molecular weight excluding hydrogens is 708 g/mol. The van der Waals surface area contributed by atoms with Gasteiger partial charge < -0.3 is 33.9 Å². The molecule has 0 bridgehead atoms. The standard InChI is InChI=1S/C33H41BrN4O11/c1-7-45-33(44)23-11-13-37(14-12-23)32(43)29-27(47-20(5)40)26(46-19(4)39)28(48-21(6)41)31(49-29)35-30(42)24-10-8-9-22(15-24)16-38-18(3)25(34)17(2)36-38/h8-10,15,23,26-29,31H,7,11-14,16H2,1-6H3,(H,35,42). The highest BCUT2D eigenvalue weighted by atomic mass is 79.9. The summed E-state index contributed by atoms with van der Waals surface area (Å²) in [4.78, 5) is 78.3. The predicted octanol–water partition coefficient (Wildman–Crippen LogP) is 2.36. The van der Waals surface area contributed by atoms with E-state index in [1.165, 1.54) is 4.90 Å². The van der Waals surface area contributed by atoms with Crippen LogP contribution in [-0.4, -0.2) is 101 Å². The number of halogens is 1. The van der Waals surface area contributed by atoms with E-state index in [-0.39, 0.29) is 31.2 Å². The summed E-state index contributed by atoms with van der Waals surface area (Å²) in [5, 5.41) is 7.19. The first-order valence-electron chi connectivity index (χ1n) is 15.9. The van der Waals surface area contributed by atoms with Crippen LogP contribution in [0, 0.1) is 19.8 Å². The van der Waals surface area contributed by atoms with E-state index in [9.17, 15) is 28.8 Å². The summed E-state index contributed by atoms with van der Waals surface area (Å²) < 4.78 is 30.4. The first-order valence-corrected chi connectivity index (χ1v) is 16.7. The van der Waals surface area contributed by atoms with Gasteiger partial charge in [-0.1, -0.05) is 12.1 Å². The first-order chi connectivity index (χ1) is 23.2. The van der Waals surface area contributed by atoms with Crippen molar-refractivity contribution in [3.05, 3.63) is 51.3 Å². The van der Waals surface area contributed by atoms with Crippen molar-refractivity contribution >= 4 is 51.6 Å². The molecule has 5 atom stereocenters. The molecule has 1 aromatic carbocycles. The van der Waals surface area contributed by atoms with Gasteiger partial charge in [0, 0.05) is 39.4 Å². The third-order valence-corrected chi connectivity index (χ3v) is 9.35. The molecule has 0 radical (unpaired) electrons. The fourth-order valence-corrected chi connectivity index (χ4v) is 6.21. The summed E-state index contributed by atoms with van der Waals surface area (Å²) in [6, 6.07) is 6.76. The molecule has 2 aromatic rings. The van der Waals surface area contributed by atoms with E-state index in [0.29, 0.717) is 19.4 Å². The first kappa shape index (κ1) is 37.5. The second-order valence-electron chi connectivity index (χ2n) is 11.9. The van der Waals surface area contributed by atoms with Crippen molar-refractivity contribution in [1.82, 2.24) is 20.0 Å². The number of nitrogens with zero attached hydrogens (tertiary/aromatic N) is 3. The lowest BCUT2D eigenvalue weighted by molar-refractivity contribution is -0.249. The van der Waals surface area contributed by atoms with Crippen LogP contribution in [0.5, 0.6) is 0 Å². The maximum absolute atomic E-state index is 14.0. The summed E-state index contributed by atoms with van der Waals surface area (Å²) in [5.74, 6) is -4.48. The Morgan fingerprint density at radius 1 is 0.939 bits per heavy atom. The summed E-state index contributed by atoms with van der Waals surface area (Å²) in [6.45, 7) is 9.74. The Bertz CT molecular complexity index is 1590. The van der Waals surface area contributed by atoms with Gasteiger partial charge in [0.2, 0.25) is 0 Å². The summed E-state index contributed by atoms with van der Waals surface area (Å²) in [6.07, 6.45) is -7.05. The molecule has 1 aromatic heterocycles. The number of nitrogens with one attached hydrogen (secondary N) is 1. The maximum Gasteiger partial charge on any atom is 0.309 e. The molecule has 0 spiro atoms. The highest BCUT2D eigenvalue weighted by Gasteiger charge is 2.55. The molecule has 1 N–H and O–H groups in total. The number of piperidine rings is 1. The normalized spacial score (nSPS) is 22.5. The largest absolute Gasteiger partial charge is 0.466 e. The summed E-state index contributed by atoms with van der Waals surface area (Å²) >= 11 is 3.52. The number of amides is 2. The molecule has 2 fully saturated rings. The molecule has 266 valence electrons.